The highest BCUT2D eigenvalue weighted by Crippen LogP contribution is 2.15. The fourth-order valence-corrected chi connectivity index (χ4v) is 2.26. The van der Waals surface area contributed by atoms with E-state index in [1.807, 2.05) is 4.90 Å². The van der Waals surface area contributed by atoms with E-state index in [9.17, 15) is 14.9 Å². The molecule has 1 aromatic heterocycles. The maximum Gasteiger partial charge on any atom is 0.303 e. The quantitative estimate of drug-likeness (QED) is 0.459. The van der Waals surface area contributed by atoms with Crippen molar-refractivity contribution in [3.05, 3.63) is 39.2 Å². The predicted octanol–water partition coefficient (Wildman–Crippen LogP) is 1.79. The van der Waals surface area contributed by atoms with E-state index in [4.69, 9.17) is 16.7 Å². The molecule has 9 nitrogen and oxygen atoms in total. The van der Waals surface area contributed by atoms with E-state index in [0.717, 1.165) is 5.56 Å². The summed E-state index contributed by atoms with van der Waals surface area (Å²) < 4.78 is 0. The first-order valence-electron chi connectivity index (χ1n) is 6.80. The zero-order valence-corrected chi connectivity index (χ0v) is 12.8. The molecular weight excluding hydrogens is 326 g/mol. The van der Waals surface area contributed by atoms with E-state index >= 15 is 0 Å². The molecule has 0 amide bonds. The van der Waals surface area contributed by atoms with Gasteiger partial charge in [-0.3, -0.25) is 4.79 Å². The molecule has 0 aliphatic carbocycles. The lowest BCUT2D eigenvalue weighted by Crippen LogP contribution is -2.28. The lowest BCUT2D eigenvalue weighted by Gasteiger charge is -2.19. The molecule has 1 N–H and O–H groups in total. The van der Waals surface area contributed by atoms with E-state index in [2.05, 4.69) is 15.1 Å². The van der Waals surface area contributed by atoms with Crippen molar-refractivity contribution in [2.24, 2.45) is 10.1 Å². The molecule has 0 saturated carbocycles. The maximum absolute atomic E-state index is 10.6. The second-order valence-corrected chi connectivity index (χ2v) is 5.26. The number of carbonyl (C=O) groups is 1. The van der Waals surface area contributed by atoms with Crippen LogP contribution in [0.3, 0.4) is 0 Å². The molecule has 1 aliphatic rings. The molecule has 1 aliphatic heterocycles. The van der Waals surface area contributed by atoms with Gasteiger partial charge in [0.15, 0.2) is 5.03 Å². The Kier molecular flexibility index (Phi) is 5.58. The van der Waals surface area contributed by atoms with E-state index in [1.165, 1.54) is 0 Å². The van der Waals surface area contributed by atoms with Gasteiger partial charge in [-0.15, -0.1) is 0 Å². The number of hydrogen-bond donors (Lipinski definition) is 1. The van der Waals surface area contributed by atoms with Crippen molar-refractivity contribution in [2.45, 2.75) is 25.8 Å². The predicted molar refractivity (Wildman–Crippen MR) is 83.0 cm³/mol. The molecule has 0 radical (unpaired) electrons. The third kappa shape index (κ3) is 5.29. The molecule has 2 heterocycles. The first kappa shape index (κ1) is 16.8. The summed E-state index contributed by atoms with van der Waals surface area (Å²) in [4.78, 5) is 31.0. The summed E-state index contributed by atoms with van der Waals surface area (Å²) >= 11 is 5.74. The third-order valence-electron chi connectivity index (χ3n) is 3.11. The van der Waals surface area contributed by atoms with Gasteiger partial charge in [0.05, 0.1) is 11.6 Å². The van der Waals surface area contributed by atoms with Crippen molar-refractivity contribution < 1.29 is 14.9 Å². The van der Waals surface area contributed by atoms with Crippen molar-refractivity contribution in [3.63, 3.8) is 0 Å². The lowest BCUT2D eigenvalue weighted by molar-refractivity contribution is -0.485. The average molecular weight is 340 g/mol. The highest BCUT2D eigenvalue weighted by Gasteiger charge is 2.24. The second-order valence-electron chi connectivity index (χ2n) is 4.87. The third-order valence-corrected chi connectivity index (χ3v) is 3.33. The number of rotatable bonds is 7. The van der Waals surface area contributed by atoms with Crippen molar-refractivity contribution >= 4 is 29.2 Å². The van der Waals surface area contributed by atoms with Crippen LogP contribution in [0.1, 0.15) is 24.8 Å². The van der Waals surface area contributed by atoms with Gasteiger partial charge in [-0.1, -0.05) is 17.7 Å². The van der Waals surface area contributed by atoms with Crippen molar-refractivity contribution in [1.82, 2.24) is 9.88 Å². The molecule has 23 heavy (non-hydrogen) atoms. The van der Waals surface area contributed by atoms with Crippen molar-refractivity contribution in [3.8, 4) is 0 Å². The zero-order valence-electron chi connectivity index (χ0n) is 12.1. The molecule has 0 spiro atoms. The van der Waals surface area contributed by atoms with Crippen LogP contribution in [0.4, 0.5) is 0 Å². The Bertz CT molecular complexity index is 659. The molecule has 0 fully saturated rings. The van der Waals surface area contributed by atoms with Gasteiger partial charge in [-0.2, -0.15) is 0 Å². The molecule has 10 heteroatoms. The number of aliphatic carboxylic acids is 1. The average Bonchev–Trinajstić information content (AvgIpc) is 2.82. The molecular formula is C13H14ClN5O4. The number of hydrogen-bond acceptors (Lipinski definition) is 5. The van der Waals surface area contributed by atoms with Gasteiger partial charge in [0.1, 0.15) is 11.0 Å². The van der Waals surface area contributed by atoms with Crippen LogP contribution in [-0.4, -0.2) is 44.2 Å². The fourth-order valence-electron chi connectivity index (χ4n) is 2.14. The lowest BCUT2D eigenvalue weighted by atomic mass is 10.2. The smallest absolute Gasteiger partial charge is 0.303 e. The Morgan fingerprint density at radius 1 is 1.52 bits per heavy atom. The Morgan fingerprint density at radius 2 is 2.30 bits per heavy atom. The van der Waals surface area contributed by atoms with Crippen LogP contribution < -0.4 is 0 Å². The summed E-state index contributed by atoms with van der Waals surface area (Å²) in [6, 6.07) is 3.45. The zero-order chi connectivity index (χ0) is 16.8. The van der Waals surface area contributed by atoms with E-state index in [1.54, 1.807) is 18.3 Å². The number of halogens is 1. The Balaban J connectivity index is 2.08. The minimum Gasteiger partial charge on any atom is -0.481 e. The molecule has 1 aromatic rings. The van der Waals surface area contributed by atoms with Crippen LogP contribution >= 0.6 is 11.6 Å². The summed E-state index contributed by atoms with van der Waals surface area (Å²) in [5, 5.41) is 22.0. The normalized spacial score (nSPS) is 15.8. The number of carboxylic acid groups (broad SMARTS) is 1. The van der Waals surface area contributed by atoms with Gasteiger partial charge in [0, 0.05) is 25.6 Å². The van der Waals surface area contributed by atoms with E-state index in [0.29, 0.717) is 30.4 Å². The van der Waals surface area contributed by atoms with Crippen LogP contribution in [0.2, 0.25) is 5.15 Å². The summed E-state index contributed by atoms with van der Waals surface area (Å²) in [7, 11) is 0. The molecule has 0 aromatic carbocycles. The van der Waals surface area contributed by atoms with Crippen LogP contribution in [0, 0.1) is 10.1 Å². The summed E-state index contributed by atoms with van der Waals surface area (Å²) in [6.45, 7) is 0.638. The van der Waals surface area contributed by atoms with Gasteiger partial charge < -0.3 is 10.0 Å². The first-order chi connectivity index (χ1) is 10.9. The molecule has 0 unspecified atom stereocenters. The van der Waals surface area contributed by atoms with Crippen LogP contribution in [-0.2, 0) is 11.3 Å². The highest BCUT2D eigenvalue weighted by molar-refractivity contribution is 6.29. The number of nitro groups is 1. The summed E-state index contributed by atoms with van der Waals surface area (Å²) in [5.41, 5.74) is 0.864. The number of aromatic nitrogens is 1. The van der Waals surface area contributed by atoms with Crippen LogP contribution in [0.5, 0.6) is 0 Å². The topological polar surface area (TPSA) is 121 Å². The number of aliphatic imine (C=N–C) groups is 1. The van der Waals surface area contributed by atoms with Gasteiger partial charge >= 0.3 is 5.97 Å². The minimum atomic E-state index is -0.892. The van der Waals surface area contributed by atoms with E-state index in [-0.39, 0.29) is 18.8 Å². The molecule has 0 saturated heterocycles. The minimum absolute atomic E-state index is 0.0110. The number of carboxylic acids is 1. The molecule has 0 atom stereocenters. The molecule has 122 valence electrons. The SMILES string of the molecule is O=C(O)CCCC1=NC(=N[N+](=O)[O-])CN1Cc1ccc(Cl)nc1. The second kappa shape index (κ2) is 7.63. The van der Waals surface area contributed by atoms with Gasteiger partial charge in [0.2, 0.25) is 5.84 Å². The monoisotopic (exact) mass is 339 g/mol. The van der Waals surface area contributed by atoms with Crippen LogP contribution in [0.25, 0.3) is 0 Å². The number of hydrazone groups is 1. The van der Waals surface area contributed by atoms with Gasteiger partial charge in [-0.25, -0.2) is 20.1 Å². The summed E-state index contributed by atoms with van der Waals surface area (Å²) in [6.07, 6.45) is 2.43. The number of nitrogens with zero attached hydrogens (tertiary/aromatic N) is 5. The van der Waals surface area contributed by atoms with Crippen molar-refractivity contribution in [2.75, 3.05) is 6.54 Å². The number of pyridine rings is 1. The Labute approximate surface area is 136 Å². The van der Waals surface area contributed by atoms with Crippen LogP contribution in [0.15, 0.2) is 28.4 Å². The summed E-state index contributed by atoms with van der Waals surface area (Å²) in [5.74, 6) is -0.208. The highest BCUT2D eigenvalue weighted by atomic mass is 35.5. The molecule has 0 bridgehead atoms. The van der Waals surface area contributed by atoms with E-state index < -0.39 is 11.0 Å². The van der Waals surface area contributed by atoms with Gasteiger partial charge in [-0.05, 0) is 18.1 Å². The fraction of sp³-hybridized carbons (Fsp3) is 0.385. The van der Waals surface area contributed by atoms with Gasteiger partial charge in [0.25, 0.3) is 0 Å². The maximum atomic E-state index is 10.6. The van der Waals surface area contributed by atoms with Crippen molar-refractivity contribution in [1.29, 1.82) is 0 Å². The standard InChI is InChI=1S/C13H14ClN5O4/c14-10-5-4-9(6-15-10)7-18-8-11(17-19(22)23)16-12(18)2-1-3-13(20)21/h4-6H,1-3,7-8H2,(H,20,21). The number of amidine groups is 2. The Morgan fingerprint density at radius 3 is 2.91 bits per heavy atom. The molecule has 2 rings (SSSR count). The largest absolute Gasteiger partial charge is 0.481 e. The Hall–Kier alpha value is -2.55. The first-order valence-corrected chi connectivity index (χ1v) is 7.18.